The monoisotopic (exact) mass is 282 g/mol. The van der Waals surface area contributed by atoms with E-state index in [0.717, 1.165) is 17.7 Å². The van der Waals surface area contributed by atoms with Gasteiger partial charge in [-0.1, -0.05) is 0 Å². The molecule has 4 nitrogen and oxygen atoms in total. The summed E-state index contributed by atoms with van der Waals surface area (Å²) < 4.78 is 5.40. The van der Waals surface area contributed by atoms with Gasteiger partial charge in [0, 0.05) is 12.7 Å². The zero-order valence-corrected chi connectivity index (χ0v) is 12.3. The predicted molar refractivity (Wildman–Crippen MR) is 74.1 cm³/mol. The Hall–Kier alpha value is -1.29. The number of ether oxygens (including phenoxy) is 1. The highest BCUT2D eigenvalue weighted by molar-refractivity contribution is 6.17. The minimum Gasteiger partial charge on any atom is -0.444 e. The van der Waals surface area contributed by atoms with E-state index in [-0.39, 0.29) is 6.09 Å². The lowest BCUT2D eigenvalue weighted by Crippen LogP contribution is -2.40. The molecule has 0 radical (unpaired) electrons. The number of aromatic nitrogens is 1. The average molecular weight is 283 g/mol. The first kappa shape index (κ1) is 14.1. The molecule has 1 aliphatic heterocycles. The van der Waals surface area contributed by atoms with Crippen LogP contribution in [-0.4, -0.2) is 28.1 Å². The molecule has 0 saturated carbocycles. The summed E-state index contributed by atoms with van der Waals surface area (Å²) >= 11 is 5.90. The summed E-state index contributed by atoms with van der Waals surface area (Å²) in [5.74, 6) is 0.366. The number of carbonyl (C=O) groups excluding carboxylic acids is 1. The molecule has 0 spiro atoms. The molecule has 0 atom stereocenters. The van der Waals surface area contributed by atoms with Crippen LogP contribution in [-0.2, 0) is 23.6 Å². The number of amides is 1. The van der Waals surface area contributed by atoms with Gasteiger partial charge in [-0.15, -0.1) is 11.6 Å². The topological polar surface area (TPSA) is 42.4 Å². The Morgan fingerprint density at radius 1 is 1.53 bits per heavy atom. The third-order valence-electron chi connectivity index (χ3n) is 3.02. The number of pyridine rings is 1. The first-order valence-corrected chi connectivity index (χ1v) is 6.93. The van der Waals surface area contributed by atoms with Crippen LogP contribution in [0.5, 0.6) is 0 Å². The van der Waals surface area contributed by atoms with Crippen LogP contribution in [0.2, 0.25) is 0 Å². The molecule has 104 valence electrons. The molecule has 0 saturated heterocycles. The molecule has 1 aliphatic rings. The quantitative estimate of drug-likeness (QED) is 0.743. The van der Waals surface area contributed by atoms with Crippen LogP contribution in [0, 0.1) is 0 Å². The number of halogens is 1. The van der Waals surface area contributed by atoms with Gasteiger partial charge in [0.05, 0.1) is 18.1 Å². The van der Waals surface area contributed by atoms with Crippen LogP contribution in [0.1, 0.15) is 37.6 Å². The molecule has 1 amide bonds. The van der Waals surface area contributed by atoms with Crippen molar-refractivity contribution >= 4 is 17.7 Å². The van der Waals surface area contributed by atoms with E-state index in [2.05, 4.69) is 4.98 Å². The highest BCUT2D eigenvalue weighted by Gasteiger charge is 2.26. The standard InChI is InChI=1S/C14H19ClN2O2/c1-14(2,3)19-13(18)17-7-5-10-4-6-16-12(8-15)11(10)9-17/h4,6H,5,7-9H2,1-3H3. The number of fused-ring (bicyclic) bond motifs is 1. The fourth-order valence-corrected chi connectivity index (χ4v) is 2.36. The molecular formula is C14H19ClN2O2. The van der Waals surface area contributed by atoms with Crippen LogP contribution in [0.4, 0.5) is 4.79 Å². The van der Waals surface area contributed by atoms with E-state index in [1.54, 1.807) is 11.1 Å². The van der Waals surface area contributed by atoms with Gasteiger partial charge in [0.2, 0.25) is 0 Å². The van der Waals surface area contributed by atoms with Crippen LogP contribution in [0.3, 0.4) is 0 Å². The third-order valence-corrected chi connectivity index (χ3v) is 3.27. The fraction of sp³-hybridized carbons (Fsp3) is 0.571. The van der Waals surface area contributed by atoms with Crippen molar-refractivity contribution in [3.8, 4) is 0 Å². The summed E-state index contributed by atoms with van der Waals surface area (Å²) in [4.78, 5) is 18.1. The van der Waals surface area contributed by atoms with Crippen molar-refractivity contribution in [2.45, 2.75) is 45.2 Å². The Bertz CT molecular complexity index is 469. The first-order valence-electron chi connectivity index (χ1n) is 6.40. The van der Waals surface area contributed by atoms with E-state index in [9.17, 15) is 4.79 Å². The van der Waals surface area contributed by atoms with E-state index in [4.69, 9.17) is 16.3 Å². The minimum atomic E-state index is -0.471. The maximum atomic E-state index is 12.1. The maximum Gasteiger partial charge on any atom is 0.410 e. The van der Waals surface area contributed by atoms with Crippen LogP contribution >= 0.6 is 11.6 Å². The molecule has 0 unspecified atom stereocenters. The molecule has 5 heteroatoms. The fourth-order valence-electron chi connectivity index (χ4n) is 2.13. The predicted octanol–water partition coefficient (Wildman–Crippen LogP) is 3.11. The van der Waals surface area contributed by atoms with Crippen molar-refractivity contribution in [1.82, 2.24) is 9.88 Å². The van der Waals surface area contributed by atoms with Crippen molar-refractivity contribution in [1.29, 1.82) is 0 Å². The smallest absolute Gasteiger partial charge is 0.410 e. The van der Waals surface area contributed by atoms with Crippen LogP contribution in [0.25, 0.3) is 0 Å². The maximum absolute atomic E-state index is 12.1. The highest BCUT2D eigenvalue weighted by Crippen LogP contribution is 2.23. The summed E-state index contributed by atoms with van der Waals surface area (Å²) in [6, 6.07) is 2.00. The Labute approximate surface area is 118 Å². The largest absolute Gasteiger partial charge is 0.444 e. The Morgan fingerprint density at radius 3 is 2.89 bits per heavy atom. The molecule has 0 fully saturated rings. The number of hydrogen-bond donors (Lipinski definition) is 0. The lowest BCUT2D eigenvalue weighted by molar-refractivity contribution is 0.0223. The molecule has 0 N–H and O–H groups in total. The lowest BCUT2D eigenvalue weighted by Gasteiger charge is -2.31. The Kier molecular flexibility index (Phi) is 3.99. The summed E-state index contributed by atoms with van der Waals surface area (Å²) in [5, 5.41) is 0. The second kappa shape index (κ2) is 5.37. The molecule has 2 heterocycles. The summed E-state index contributed by atoms with van der Waals surface area (Å²) in [6.45, 7) is 6.81. The van der Waals surface area contributed by atoms with Crippen molar-refractivity contribution in [3.05, 3.63) is 29.1 Å². The second-order valence-electron chi connectivity index (χ2n) is 5.68. The van der Waals surface area contributed by atoms with Gasteiger partial charge in [-0.2, -0.15) is 0 Å². The number of nitrogens with zero attached hydrogens (tertiary/aromatic N) is 2. The highest BCUT2D eigenvalue weighted by atomic mass is 35.5. The van der Waals surface area contributed by atoms with Crippen molar-refractivity contribution in [3.63, 3.8) is 0 Å². The van der Waals surface area contributed by atoms with Crippen LogP contribution < -0.4 is 0 Å². The van der Waals surface area contributed by atoms with E-state index in [1.807, 2.05) is 26.8 Å². The average Bonchev–Trinajstić information content (AvgIpc) is 2.35. The SMILES string of the molecule is CC(C)(C)OC(=O)N1CCc2ccnc(CCl)c2C1. The van der Waals surface area contributed by atoms with E-state index in [0.29, 0.717) is 19.0 Å². The Balaban J connectivity index is 2.15. The van der Waals surface area contributed by atoms with Gasteiger partial charge in [0.25, 0.3) is 0 Å². The van der Waals surface area contributed by atoms with E-state index < -0.39 is 5.60 Å². The van der Waals surface area contributed by atoms with Crippen molar-refractivity contribution in [2.75, 3.05) is 6.54 Å². The molecular weight excluding hydrogens is 264 g/mol. The van der Waals surface area contributed by atoms with Gasteiger partial charge >= 0.3 is 6.09 Å². The summed E-state index contributed by atoms with van der Waals surface area (Å²) in [7, 11) is 0. The van der Waals surface area contributed by atoms with E-state index >= 15 is 0 Å². The van der Waals surface area contributed by atoms with Crippen LogP contribution in [0.15, 0.2) is 12.3 Å². The molecule has 2 rings (SSSR count). The zero-order valence-electron chi connectivity index (χ0n) is 11.6. The van der Waals surface area contributed by atoms with Gasteiger partial charge in [-0.05, 0) is 44.4 Å². The lowest BCUT2D eigenvalue weighted by atomic mass is 10.00. The number of hydrogen-bond acceptors (Lipinski definition) is 3. The number of carbonyl (C=O) groups is 1. The minimum absolute atomic E-state index is 0.275. The Morgan fingerprint density at radius 2 is 2.26 bits per heavy atom. The van der Waals surface area contributed by atoms with Gasteiger partial charge in [-0.3, -0.25) is 4.98 Å². The summed E-state index contributed by atoms with van der Waals surface area (Å²) in [6.07, 6.45) is 2.32. The number of rotatable bonds is 1. The van der Waals surface area contributed by atoms with Gasteiger partial charge < -0.3 is 9.64 Å². The first-order chi connectivity index (χ1) is 8.90. The van der Waals surface area contributed by atoms with Gasteiger partial charge in [0.15, 0.2) is 0 Å². The van der Waals surface area contributed by atoms with E-state index in [1.165, 1.54) is 5.56 Å². The molecule has 0 bridgehead atoms. The number of alkyl halides is 1. The van der Waals surface area contributed by atoms with Crippen molar-refractivity contribution < 1.29 is 9.53 Å². The molecule has 1 aromatic rings. The molecule has 19 heavy (non-hydrogen) atoms. The van der Waals surface area contributed by atoms with Crippen molar-refractivity contribution in [2.24, 2.45) is 0 Å². The summed E-state index contributed by atoms with van der Waals surface area (Å²) in [5.41, 5.74) is 2.68. The molecule has 0 aromatic carbocycles. The second-order valence-corrected chi connectivity index (χ2v) is 5.95. The third kappa shape index (κ3) is 3.38. The normalized spacial score (nSPS) is 15.1. The van der Waals surface area contributed by atoms with Gasteiger partial charge in [0.1, 0.15) is 5.60 Å². The molecule has 0 aliphatic carbocycles. The zero-order chi connectivity index (χ0) is 14.0. The molecule has 1 aromatic heterocycles. The van der Waals surface area contributed by atoms with Gasteiger partial charge in [-0.25, -0.2) is 4.79 Å².